The maximum atomic E-state index is 12.3. The minimum atomic E-state index is -4.30. The SMILES string of the molecule is COCOc1cc(-c2cnn(CC(F)(F)F)c2)ccc1Br. The molecule has 0 saturated carbocycles. The Morgan fingerprint density at radius 3 is 2.71 bits per heavy atom. The van der Waals surface area contributed by atoms with Gasteiger partial charge in [0.15, 0.2) is 6.79 Å². The molecule has 8 heteroatoms. The molecule has 0 fully saturated rings. The minimum Gasteiger partial charge on any atom is -0.466 e. The van der Waals surface area contributed by atoms with Gasteiger partial charge in [0.1, 0.15) is 12.3 Å². The predicted molar refractivity (Wildman–Crippen MR) is 73.9 cm³/mol. The summed E-state index contributed by atoms with van der Waals surface area (Å²) in [4.78, 5) is 0. The van der Waals surface area contributed by atoms with Gasteiger partial charge in [-0.05, 0) is 33.6 Å². The molecule has 0 amide bonds. The Labute approximate surface area is 127 Å². The van der Waals surface area contributed by atoms with Gasteiger partial charge in [0.25, 0.3) is 0 Å². The van der Waals surface area contributed by atoms with E-state index in [0.29, 0.717) is 16.9 Å². The number of halogens is 4. The molecule has 0 saturated heterocycles. The van der Waals surface area contributed by atoms with Crippen molar-refractivity contribution in [3.63, 3.8) is 0 Å². The first-order valence-electron chi connectivity index (χ1n) is 5.90. The van der Waals surface area contributed by atoms with E-state index in [9.17, 15) is 13.2 Å². The van der Waals surface area contributed by atoms with E-state index >= 15 is 0 Å². The highest BCUT2D eigenvalue weighted by molar-refractivity contribution is 9.10. The molecule has 0 N–H and O–H groups in total. The van der Waals surface area contributed by atoms with Crippen LogP contribution in [-0.4, -0.2) is 29.9 Å². The van der Waals surface area contributed by atoms with Crippen LogP contribution in [0.3, 0.4) is 0 Å². The molecule has 114 valence electrons. The smallest absolute Gasteiger partial charge is 0.408 e. The fourth-order valence-electron chi connectivity index (χ4n) is 1.70. The van der Waals surface area contributed by atoms with Crippen molar-refractivity contribution in [1.29, 1.82) is 0 Å². The topological polar surface area (TPSA) is 36.3 Å². The van der Waals surface area contributed by atoms with E-state index in [-0.39, 0.29) is 6.79 Å². The van der Waals surface area contributed by atoms with E-state index in [1.807, 2.05) is 0 Å². The molecule has 1 aromatic heterocycles. The number of aromatic nitrogens is 2. The molecule has 0 aliphatic heterocycles. The van der Waals surface area contributed by atoms with Gasteiger partial charge in [-0.1, -0.05) is 6.07 Å². The van der Waals surface area contributed by atoms with Crippen LogP contribution in [0.15, 0.2) is 35.1 Å². The second-order valence-electron chi connectivity index (χ2n) is 4.24. The van der Waals surface area contributed by atoms with Crippen molar-refractivity contribution < 1.29 is 22.6 Å². The van der Waals surface area contributed by atoms with Crippen LogP contribution < -0.4 is 4.74 Å². The zero-order chi connectivity index (χ0) is 15.5. The second-order valence-corrected chi connectivity index (χ2v) is 5.09. The molecule has 0 aliphatic rings. The van der Waals surface area contributed by atoms with Crippen LogP contribution in [0.1, 0.15) is 0 Å². The monoisotopic (exact) mass is 364 g/mol. The molecule has 0 spiro atoms. The maximum absolute atomic E-state index is 12.3. The zero-order valence-electron chi connectivity index (χ0n) is 11.0. The van der Waals surface area contributed by atoms with Crippen molar-refractivity contribution in [2.24, 2.45) is 0 Å². The molecular formula is C13H12BrF3N2O2. The fourth-order valence-corrected chi connectivity index (χ4v) is 2.06. The summed E-state index contributed by atoms with van der Waals surface area (Å²) in [6.07, 6.45) is -1.57. The van der Waals surface area contributed by atoms with Gasteiger partial charge in [-0.15, -0.1) is 0 Å². The number of nitrogens with zero attached hydrogens (tertiary/aromatic N) is 2. The third-order valence-corrected chi connectivity index (χ3v) is 3.23. The van der Waals surface area contributed by atoms with Gasteiger partial charge in [0.2, 0.25) is 0 Å². The fraction of sp³-hybridized carbons (Fsp3) is 0.308. The van der Waals surface area contributed by atoms with E-state index in [1.54, 1.807) is 18.2 Å². The first-order chi connectivity index (χ1) is 9.89. The summed E-state index contributed by atoms with van der Waals surface area (Å²) in [5.41, 5.74) is 1.28. The lowest BCUT2D eigenvalue weighted by atomic mass is 10.1. The van der Waals surface area contributed by atoms with E-state index in [4.69, 9.17) is 9.47 Å². The lowest BCUT2D eigenvalue weighted by Crippen LogP contribution is -2.17. The second kappa shape index (κ2) is 6.48. The number of benzene rings is 1. The normalized spacial score (nSPS) is 11.7. The summed E-state index contributed by atoms with van der Waals surface area (Å²) >= 11 is 3.33. The third-order valence-electron chi connectivity index (χ3n) is 2.57. The van der Waals surface area contributed by atoms with Crippen molar-refractivity contribution in [1.82, 2.24) is 9.78 Å². The van der Waals surface area contributed by atoms with Crippen molar-refractivity contribution in [3.8, 4) is 16.9 Å². The van der Waals surface area contributed by atoms with E-state index in [2.05, 4.69) is 21.0 Å². The van der Waals surface area contributed by atoms with Crippen molar-refractivity contribution >= 4 is 15.9 Å². The van der Waals surface area contributed by atoms with Gasteiger partial charge >= 0.3 is 6.18 Å². The summed E-state index contributed by atoms with van der Waals surface area (Å²) in [5.74, 6) is 0.540. The minimum absolute atomic E-state index is 0.0788. The van der Waals surface area contributed by atoms with Gasteiger partial charge in [-0.25, -0.2) is 0 Å². The van der Waals surface area contributed by atoms with E-state index < -0.39 is 12.7 Å². The summed E-state index contributed by atoms with van der Waals surface area (Å²) in [5, 5.41) is 3.71. The Hall–Kier alpha value is -1.54. The number of rotatable bonds is 5. The molecule has 0 unspecified atom stereocenters. The molecule has 0 bridgehead atoms. The molecule has 2 aromatic rings. The number of hydrogen-bond donors (Lipinski definition) is 0. The van der Waals surface area contributed by atoms with Gasteiger partial charge < -0.3 is 9.47 Å². The Morgan fingerprint density at radius 1 is 1.29 bits per heavy atom. The molecule has 0 radical (unpaired) electrons. The summed E-state index contributed by atoms with van der Waals surface area (Å²) < 4.78 is 48.7. The van der Waals surface area contributed by atoms with Crippen LogP contribution in [0.25, 0.3) is 11.1 Å². The molecule has 0 aliphatic carbocycles. The number of ether oxygens (including phenoxy) is 2. The van der Waals surface area contributed by atoms with Crippen LogP contribution in [0.4, 0.5) is 13.2 Å². The Morgan fingerprint density at radius 2 is 2.05 bits per heavy atom. The number of alkyl halides is 3. The predicted octanol–water partition coefficient (Wildman–Crippen LogP) is 3.86. The van der Waals surface area contributed by atoms with Crippen molar-refractivity contribution in [2.45, 2.75) is 12.7 Å². The lowest BCUT2D eigenvalue weighted by Gasteiger charge is -2.08. The first kappa shape index (κ1) is 15.8. The molecule has 21 heavy (non-hydrogen) atoms. The van der Waals surface area contributed by atoms with E-state index in [1.165, 1.54) is 19.5 Å². The van der Waals surface area contributed by atoms with Crippen LogP contribution in [0.5, 0.6) is 5.75 Å². The van der Waals surface area contributed by atoms with Gasteiger partial charge in [0, 0.05) is 18.9 Å². The summed E-state index contributed by atoms with van der Waals surface area (Å²) in [6.45, 7) is -1.04. The van der Waals surface area contributed by atoms with Crippen LogP contribution in [-0.2, 0) is 11.3 Å². The van der Waals surface area contributed by atoms with Crippen molar-refractivity contribution in [2.75, 3.05) is 13.9 Å². The highest BCUT2D eigenvalue weighted by Gasteiger charge is 2.28. The quantitative estimate of drug-likeness (QED) is 0.756. The first-order valence-corrected chi connectivity index (χ1v) is 6.69. The third kappa shape index (κ3) is 4.47. The zero-order valence-corrected chi connectivity index (χ0v) is 12.6. The molecule has 2 rings (SSSR count). The average Bonchev–Trinajstić information content (AvgIpc) is 2.84. The molecule has 0 atom stereocenters. The Kier molecular flexibility index (Phi) is 4.89. The number of methoxy groups -OCH3 is 1. The molecular weight excluding hydrogens is 353 g/mol. The highest BCUT2D eigenvalue weighted by atomic mass is 79.9. The Bertz CT molecular complexity index is 614. The summed E-state index contributed by atoms with van der Waals surface area (Å²) in [7, 11) is 1.50. The number of hydrogen-bond acceptors (Lipinski definition) is 3. The van der Waals surface area contributed by atoms with Gasteiger partial charge in [-0.3, -0.25) is 4.68 Å². The largest absolute Gasteiger partial charge is 0.466 e. The van der Waals surface area contributed by atoms with Crippen molar-refractivity contribution in [3.05, 3.63) is 35.1 Å². The summed E-state index contributed by atoms with van der Waals surface area (Å²) in [6, 6.07) is 5.22. The van der Waals surface area contributed by atoms with Gasteiger partial charge in [0.05, 0.1) is 10.7 Å². The van der Waals surface area contributed by atoms with Crippen LogP contribution in [0.2, 0.25) is 0 Å². The van der Waals surface area contributed by atoms with E-state index in [0.717, 1.165) is 9.15 Å². The molecule has 1 aromatic carbocycles. The van der Waals surface area contributed by atoms with Crippen LogP contribution in [0, 0.1) is 0 Å². The highest BCUT2D eigenvalue weighted by Crippen LogP contribution is 2.31. The molecule has 4 nitrogen and oxygen atoms in total. The Balaban J connectivity index is 2.22. The maximum Gasteiger partial charge on any atom is 0.408 e. The van der Waals surface area contributed by atoms with Crippen LogP contribution >= 0.6 is 15.9 Å². The molecule has 1 heterocycles. The average molecular weight is 365 g/mol. The lowest BCUT2D eigenvalue weighted by molar-refractivity contribution is -0.142. The standard InChI is InChI=1S/C13H12BrF3N2O2/c1-20-8-21-12-4-9(2-3-11(12)14)10-5-18-19(6-10)7-13(15,16)17/h2-6H,7-8H2,1H3. The van der Waals surface area contributed by atoms with Gasteiger partial charge in [-0.2, -0.15) is 18.3 Å².